The molecule has 0 N–H and O–H groups in total. The highest BCUT2D eigenvalue weighted by atomic mass is 35.5. The maximum absolute atomic E-state index is 6.39. The van der Waals surface area contributed by atoms with Crippen LogP contribution in [0.2, 0.25) is 5.02 Å². The largest absolute Gasteiger partial charge is 0.339 e. The molecule has 0 fully saturated rings. The van der Waals surface area contributed by atoms with Crippen molar-refractivity contribution in [1.82, 2.24) is 4.57 Å². The molecule has 0 atom stereocenters. The maximum Gasteiger partial charge on any atom is 0.0886 e. The zero-order valence-corrected chi connectivity index (χ0v) is 14.8. The predicted molar refractivity (Wildman–Crippen MR) is 103 cm³/mol. The molecule has 2 nitrogen and oxygen atoms in total. The van der Waals surface area contributed by atoms with Gasteiger partial charge in [0.2, 0.25) is 0 Å². The Labute approximate surface area is 152 Å². The second-order valence-corrected chi connectivity index (χ2v) is 6.83. The van der Waals surface area contributed by atoms with E-state index >= 15 is 0 Å². The normalized spacial score (nSPS) is 15.6. The summed E-state index contributed by atoms with van der Waals surface area (Å²) in [4.78, 5) is 4.88. The minimum Gasteiger partial charge on any atom is -0.339 e. The Balaban J connectivity index is 0.00000146. The summed E-state index contributed by atoms with van der Waals surface area (Å²) in [6.45, 7) is 1.94. The fourth-order valence-corrected chi connectivity index (χ4v) is 4.39. The summed E-state index contributed by atoms with van der Waals surface area (Å²) in [5, 5.41) is 2.20. The molecular weight excluding hydrogens is 339 g/mol. The summed E-state index contributed by atoms with van der Waals surface area (Å²) in [5.74, 6) is 0. The number of fused-ring (bicyclic) bond motifs is 3. The number of aryl methyl sites for hydroxylation is 2. The van der Waals surface area contributed by atoms with E-state index in [9.17, 15) is 0 Å². The van der Waals surface area contributed by atoms with E-state index in [0.29, 0.717) is 0 Å². The van der Waals surface area contributed by atoms with Crippen LogP contribution in [0.5, 0.6) is 0 Å². The summed E-state index contributed by atoms with van der Waals surface area (Å²) in [6.07, 6.45) is 3.30. The van der Waals surface area contributed by atoms with Crippen LogP contribution in [0, 0.1) is 0 Å². The van der Waals surface area contributed by atoms with Gasteiger partial charge >= 0.3 is 0 Å². The SMILES string of the molecule is Cl.Clc1cc2c3c(c1)c1c(n3CCC2)C(c2ccccc2)=NCC1. The van der Waals surface area contributed by atoms with Gasteiger partial charge in [-0.15, -0.1) is 12.4 Å². The van der Waals surface area contributed by atoms with Crippen LogP contribution in [-0.2, 0) is 19.4 Å². The summed E-state index contributed by atoms with van der Waals surface area (Å²) in [6, 6.07) is 14.9. The lowest BCUT2D eigenvalue weighted by atomic mass is 9.97. The Morgan fingerprint density at radius 2 is 1.88 bits per heavy atom. The third kappa shape index (κ3) is 2.21. The van der Waals surface area contributed by atoms with Crippen molar-refractivity contribution >= 4 is 40.6 Å². The van der Waals surface area contributed by atoms with Crippen LogP contribution < -0.4 is 0 Å². The fourth-order valence-electron chi connectivity index (χ4n) is 4.15. The van der Waals surface area contributed by atoms with E-state index < -0.39 is 0 Å². The molecule has 4 heteroatoms. The van der Waals surface area contributed by atoms with Crippen molar-refractivity contribution in [2.45, 2.75) is 25.8 Å². The van der Waals surface area contributed by atoms with Gasteiger partial charge < -0.3 is 4.57 Å². The van der Waals surface area contributed by atoms with E-state index in [4.69, 9.17) is 16.6 Å². The van der Waals surface area contributed by atoms with E-state index in [2.05, 4.69) is 47.0 Å². The van der Waals surface area contributed by atoms with E-state index in [0.717, 1.165) is 36.7 Å². The van der Waals surface area contributed by atoms with Gasteiger partial charge in [-0.25, -0.2) is 0 Å². The third-order valence-corrected chi connectivity index (χ3v) is 5.25. The first-order valence-electron chi connectivity index (χ1n) is 8.26. The van der Waals surface area contributed by atoms with Gasteiger partial charge in [-0.2, -0.15) is 0 Å². The number of hydrogen-bond donors (Lipinski definition) is 0. The number of rotatable bonds is 1. The minimum absolute atomic E-state index is 0. The molecular formula is C20H18Cl2N2. The molecule has 122 valence electrons. The smallest absolute Gasteiger partial charge is 0.0886 e. The predicted octanol–water partition coefficient (Wildman–Crippen LogP) is 5.06. The maximum atomic E-state index is 6.39. The van der Waals surface area contributed by atoms with E-state index in [-0.39, 0.29) is 12.4 Å². The number of aliphatic imine (C=N–C) groups is 1. The molecule has 0 saturated carbocycles. The number of halogens is 2. The van der Waals surface area contributed by atoms with Crippen LogP contribution in [0.4, 0.5) is 0 Å². The molecule has 0 unspecified atom stereocenters. The van der Waals surface area contributed by atoms with Gasteiger partial charge in [0.25, 0.3) is 0 Å². The van der Waals surface area contributed by atoms with Crippen molar-refractivity contribution < 1.29 is 0 Å². The lowest BCUT2D eigenvalue weighted by Gasteiger charge is -2.21. The molecule has 0 saturated heterocycles. The summed E-state index contributed by atoms with van der Waals surface area (Å²) in [7, 11) is 0. The topological polar surface area (TPSA) is 17.3 Å². The zero-order valence-electron chi connectivity index (χ0n) is 13.3. The Morgan fingerprint density at radius 1 is 1.04 bits per heavy atom. The highest BCUT2D eigenvalue weighted by Crippen LogP contribution is 2.37. The number of hydrogen-bond acceptors (Lipinski definition) is 1. The average molecular weight is 357 g/mol. The molecule has 2 aliphatic rings. The molecule has 0 radical (unpaired) electrons. The van der Waals surface area contributed by atoms with Gasteiger partial charge in [-0.05, 0) is 42.5 Å². The molecule has 24 heavy (non-hydrogen) atoms. The fraction of sp³-hybridized carbons (Fsp3) is 0.250. The molecule has 2 aromatic carbocycles. The van der Waals surface area contributed by atoms with Crippen LogP contribution >= 0.6 is 24.0 Å². The van der Waals surface area contributed by atoms with Crippen molar-refractivity contribution in [2.24, 2.45) is 4.99 Å². The standard InChI is InChI=1S/C20H17ClN2.ClH/c21-15-11-14-7-4-10-23-19(14)17(12-15)16-8-9-22-18(20(16)23)13-5-2-1-3-6-13;/h1-3,5-6,11-12H,4,7-10H2;1H. The van der Waals surface area contributed by atoms with Crippen LogP contribution in [0.3, 0.4) is 0 Å². The van der Waals surface area contributed by atoms with Gasteiger partial charge in [0.15, 0.2) is 0 Å². The van der Waals surface area contributed by atoms with Crippen molar-refractivity contribution in [3.8, 4) is 0 Å². The van der Waals surface area contributed by atoms with Crippen molar-refractivity contribution in [1.29, 1.82) is 0 Å². The first-order chi connectivity index (χ1) is 11.3. The second-order valence-electron chi connectivity index (χ2n) is 6.39. The second kappa shape index (κ2) is 5.94. The Bertz CT molecular complexity index is 955. The van der Waals surface area contributed by atoms with Crippen LogP contribution in [0.25, 0.3) is 10.9 Å². The van der Waals surface area contributed by atoms with E-state index in [1.54, 1.807) is 0 Å². The van der Waals surface area contributed by atoms with E-state index in [1.807, 2.05) is 0 Å². The molecule has 3 aromatic rings. The summed E-state index contributed by atoms with van der Waals surface area (Å²) in [5.41, 5.74) is 7.88. The highest BCUT2D eigenvalue weighted by molar-refractivity contribution is 6.31. The van der Waals surface area contributed by atoms with Crippen LogP contribution in [0.15, 0.2) is 47.5 Å². The number of nitrogens with zero attached hydrogens (tertiary/aromatic N) is 2. The Hall–Kier alpha value is -1.77. The lowest BCUT2D eigenvalue weighted by molar-refractivity contribution is 0.629. The third-order valence-electron chi connectivity index (χ3n) is 5.04. The van der Waals surface area contributed by atoms with Gasteiger partial charge in [0.05, 0.1) is 16.9 Å². The minimum atomic E-state index is 0. The van der Waals surface area contributed by atoms with Gasteiger partial charge in [0.1, 0.15) is 0 Å². The average Bonchev–Trinajstić information content (AvgIpc) is 2.91. The van der Waals surface area contributed by atoms with Gasteiger partial charge in [-0.1, -0.05) is 41.9 Å². The number of aromatic nitrogens is 1. The molecule has 0 amide bonds. The number of benzene rings is 2. The lowest BCUT2D eigenvalue weighted by Crippen LogP contribution is -2.19. The molecule has 3 heterocycles. The molecule has 5 rings (SSSR count). The molecule has 2 aliphatic heterocycles. The molecule has 0 bridgehead atoms. The first kappa shape index (κ1) is 15.7. The molecule has 0 spiro atoms. The Kier molecular flexibility index (Phi) is 3.90. The van der Waals surface area contributed by atoms with Gasteiger partial charge in [-0.3, -0.25) is 4.99 Å². The zero-order chi connectivity index (χ0) is 15.4. The van der Waals surface area contributed by atoms with Crippen molar-refractivity contribution in [3.63, 3.8) is 0 Å². The van der Waals surface area contributed by atoms with Crippen LogP contribution in [-0.4, -0.2) is 16.8 Å². The van der Waals surface area contributed by atoms with Gasteiger partial charge in [0, 0.05) is 29.1 Å². The van der Waals surface area contributed by atoms with Crippen molar-refractivity contribution in [2.75, 3.05) is 6.54 Å². The summed E-state index contributed by atoms with van der Waals surface area (Å²) >= 11 is 6.39. The quantitative estimate of drug-likeness (QED) is 0.580. The molecule has 1 aromatic heterocycles. The van der Waals surface area contributed by atoms with Crippen LogP contribution in [0.1, 0.15) is 28.8 Å². The van der Waals surface area contributed by atoms with E-state index in [1.165, 1.54) is 39.7 Å². The molecule has 0 aliphatic carbocycles. The monoisotopic (exact) mass is 356 g/mol. The first-order valence-corrected chi connectivity index (χ1v) is 8.64. The Morgan fingerprint density at radius 3 is 2.71 bits per heavy atom. The van der Waals surface area contributed by atoms with Crippen molar-refractivity contribution in [3.05, 3.63) is 69.9 Å². The summed E-state index contributed by atoms with van der Waals surface area (Å²) < 4.78 is 2.49. The highest BCUT2D eigenvalue weighted by Gasteiger charge is 2.27.